The third-order valence-corrected chi connectivity index (χ3v) is 6.63. The number of carbonyl (C=O) groups is 1. The van der Waals surface area contributed by atoms with Gasteiger partial charge in [-0.15, -0.1) is 0 Å². The standard InChI is InChI=1S/C20H33N5O/c1-15-10-17(3)25(22-15)14-20(7-8-20)13-21-19(26)23-11-18(12-23)24-9-5-4-6-16(24)2/h10,16,18H,4-9,11-14H2,1-3H3,(H,21,26). The zero-order valence-corrected chi connectivity index (χ0v) is 16.5. The fraction of sp³-hybridized carbons (Fsp3) is 0.800. The number of nitrogens with one attached hydrogen (secondary N) is 1. The summed E-state index contributed by atoms with van der Waals surface area (Å²) in [4.78, 5) is 17.1. The van der Waals surface area contributed by atoms with E-state index in [1.165, 1.54) is 44.3 Å². The van der Waals surface area contributed by atoms with Crippen LogP contribution in [-0.4, -0.2) is 63.9 Å². The number of urea groups is 1. The molecule has 0 aromatic carbocycles. The molecule has 2 aliphatic heterocycles. The predicted molar refractivity (Wildman–Crippen MR) is 102 cm³/mol. The zero-order chi connectivity index (χ0) is 18.3. The Kier molecular flexibility index (Phi) is 4.71. The summed E-state index contributed by atoms with van der Waals surface area (Å²) in [5.41, 5.74) is 2.49. The Hall–Kier alpha value is -1.56. The van der Waals surface area contributed by atoms with Gasteiger partial charge in [-0.05, 0) is 59.1 Å². The number of aryl methyl sites for hydroxylation is 2. The molecule has 1 N–H and O–H groups in total. The molecule has 3 heterocycles. The number of piperidine rings is 1. The van der Waals surface area contributed by atoms with E-state index in [1.54, 1.807) is 0 Å². The van der Waals surface area contributed by atoms with E-state index in [9.17, 15) is 4.79 Å². The van der Waals surface area contributed by atoms with E-state index < -0.39 is 0 Å². The van der Waals surface area contributed by atoms with Crippen molar-refractivity contribution in [2.75, 3.05) is 26.2 Å². The molecule has 3 fully saturated rings. The molecule has 1 unspecified atom stereocenters. The van der Waals surface area contributed by atoms with Gasteiger partial charge in [0.15, 0.2) is 0 Å². The van der Waals surface area contributed by atoms with E-state index in [1.807, 2.05) is 11.8 Å². The second-order valence-corrected chi connectivity index (χ2v) is 8.88. The van der Waals surface area contributed by atoms with Gasteiger partial charge >= 0.3 is 6.03 Å². The molecule has 4 rings (SSSR count). The molecule has 1 aromatic rings. The van der Waals surface area contributed by atoms with Crippen molar-refractivity contribution in [2.24, 2.45) is 5.41 Å². The Morgan fingerprint density at radius 3 is 2.69 bits per heavy atom. The maximum atomic E-state index is 12.5. The SMILES string of the molecule is Cc1cc(C)n(CC2(CNC(=O)N3CC(N4CCCCC4C)C3)CC2)n1. The fourth-order valence-electron chi connectivity index (χ4n) is 4.59. The van der Waals surface area contributed by atoms with Gasteiger partial charge in [-0.3, -0.25) is 9.58 Å². The molecular weight excluding hydrogens is 326 g/mol. The molecular formula is C20H33N5O. The predicted octanol–water partition coefficient (Wildman–Crippen LogP) is 2.55. The summed E-state index contributed by atoms with van der Waals surface area (Å²) in [6.45, 7) is 11.1. The van der Waals surface area contributed by atoms with Crippen molar-refractivity contribution in [3.8, 4) is 0 Å². The molecule has 1 aliphatic carbocycles. The average molecular weight is 360 g/mol. The maximum absolute atomic E-state index is 12.5. The lowest BCUT2D eigenvalue weighted by Crippen LogP contribution is -2.65. The Labute approximate surface area is 156 Å². The van der Waals surface area contributed by atoms with E-state index in [0.717, 1.165) is 31.9 Å². The Morgan fingerprint density at radius 1 is 1.31 bits per heavy atom. The highest BCUT2D eigenvalue weighted by Gasteiger charge is 2.44. The van der Waals surface area contributed by atoms with E-state index in [2.05, 4.69) is 39.9 Å². The highest BCUT2D eigenvalue weighted by Crippen LogP contribution is 2.46. The summed E-state index contributed by atoms with van der Waals surface area (Å²) in [5.74, 6) is 0. The second kappa shape index (κ2) is 6.87. The molecule has 1 atom stereocenters. The molecule has 6 heteroatoms. The maximum Gasteiger partial charge on any atom is 0.317 e. The van der Waals surface area contributed by atoms with Crippen LogP contribution in [-0.2, 0) is 6.54 Å². The largest absolute Gasteiger partial charge is 0.337 e. The van der Waals surface area contributed by atoms with Crippen LogP contribution in [0.4, 0.5) is 4.79 Å². The number of amides is 2. The average Bonchev–Trinajstić information content (AvgIpc) is 3.25. The van der Waals surface area contributed by atoms with E-state index >= 15 is 0 Å². The smallest absolute Gasteiger partial charge is 0.317 e. The van der Waals surface area contributed by atoms with Crippen LogP contribution in [0.5, 0.6) is 0 Å². The fourth-order valence-corrected chi connectivity index (χ4v) is 4.59. The molecule has 6 nitrogen and oxygen atoms in total. The molecule has 0 bridgehead atoms. The lowest BCUT2D eigenvalue weighted by atomic mass is 9.98. The summed E-state index contributed by atoms with van der Waals surface area (Å²) < 4.78 is 2.10. The van der Waals surface area contributed by atoms with Crippen molar-refractivity contribution in [1.29, 1.82) is 0 Å². The monoisotopic (exact) mass is 359 g/mol. The normalized spacial score (nSPS) is 25.8. The molecule has 1 aromatic heterocycles. The van der Waals surface area contributed by atoms with Crippen molar-refractivity contribution >= 4 is 6.03 Å². The first-order valence-electron chi connectivity index (χ1n) is 10.3. The topological polar surface area (TPSA) is 53.4 Å². The van der Waals surface area contributed by atoms with Gasteiger partial charge in [0.25, 0.3) is 0 Å². The van der Waals surface area contributed by atoms with Crippen LogP contribution in [0.1, 0.15) is 50.4 Å². The molecule has 144 valence electrons. The molecule has 3 aliphatic rings. The van der Waals surface area contributed by atoms with Crippen LogP contribution < -0.4 is 5.32 Å². The van der Waals surface area contributed by atoms with Crippen molar-refractivity contribution in [3.05, 3.63) is 17.5 Å². The van der Waals surface area contributed by atoms with Gasteiger partial charge in [0, 0.05) is 49.4 Å². The lowest BCUT2D eigenvalue weighted by molar-refractivity contribution is 0.0166. The number of nitrogens with zero attached hydrogens (tertiary/aromatic N) is 4. The Morgan fingerprint density at radius 2 is 2.08 bits per heavy atom. The van der Waals surface area contributed by atoms with Crippen LogP contribution >= 0.6 is 0 Å². The number of likely N-dealkylation sites (tertiary alicyclic amines) is 2. The van der Waals surface area contributed by atoms with Gasteiger partial charge < -0.3 is 10.2 Å². The van der Waals surface area contributed by atoms with Crippen LogP contribution in [0.15, 0.2) is 6.07 Å². The number of rotatable bonds is 5. The third-order valence-electron chi connectivity index (χ3n) is 6.63. The van der Waals surface area contributed by atoms with Crippen LogP contribution in [0.2, 0.25) is 0 Å². The van der Waals surface area contributed by atoms with Gasteiger partial charge in [-0.2, -0.15) is 5.10 Å². The summed E-state index contributed by atoms with van der Waals surface area (Å²) in [5, 5.41) is 7.78. The molecule has 0 spiro atoms. The molecule has 1 saturated carbocycles. The highest BCUT2D eigenvalue weighted by atomic mass is 16.2. The Bertz CT molecular complexity index is 659. The van der Waals surface area contributed by atoms with Gasteiger partial charge in [0.2, 0.25) is 0 Å². The molecule has 2 saturated heterocycles. The summed E-state index contributed by atoms with van der Waals surface area (Å²) in [6, 6.07) is 3.48. The lowest BCUT2D eigenvalue weighted by Gasteiger charge is -2.49. The summed E-state index contributed by atoms with van der Waals surface area (Å²) >= 11 is 0. The van der Waals surface area contributed by atoms with Crippen molar-refractivity contribution < 1.29 is 4.79 Å². The molecule has 26 heavy (non-hydrogen) atoms. The van der Waals surface area contributed by atoms with Gasteiger partial charge in [-0.1, -0.05) is 6.42 Å². The van der Waals surface area contributed by atoms with E-state index in [-0.39, 0.29) is 11.4 Å². The number of hydrogen-bond donors (Lipinski definition) is 1. The van der Waals surface area contributed by atoms with E-state index in [0.29, 0.717) is 12.1 Å². The van der Waals surface area contributed by atoms with Gasteiger partial charge in [0.05, 0.1) is 5.69 Å². The number of aromatic nitrogens is 2. The van der Waals surface area contributed by atoms with Gasteiger partial charge in [0.1, 0.15) is 0 Å². The van der Waals surface area contributed by atoms with Gasteiger partial charge in [-0.25, -0.2) is 4.79 Å². The quantitative estimate of drug-likeness (QED) is 0.879. The van der Waals surface area contributed by atoms with Crippen LogP contribution in [0.3, 0.4) is 0 Å². The Balaban J connectivity index is 1.23. The first-order chi connectivity index (χ1) is 12.5. The second-order valence-electron chi connectivity index (χ2n) is 8.88. The minimum Gasteiger partial charge on any atom is -0.337 e. The van der Waals surface area contributed by atoms with Crippen LogP contribution in [0.25, 0.3) is 0 Å². The first kappa shape index (κ1) is 17.8. The first-order valence-corrected chi connectivity index (χ1v) is 10.3. The van der Waals surface area contributed by atoms with Crippen molar-refractivity contribution in [1.82, 2.24) is 24.9 Å². The zero-order valence-electron chi connectivity index (χ0n) is 16.5. The summed E-state index contributed by atoms with van der Waals surface area (Å²) in [7, 11) is 0. The summed E-state index contributed by atoms with van der Waals surface area (Å²) in [6.07, 6.45) is 6.32. The minimum absolute atomic E-state index is 0.116. The number of hydrogen-bond acceptors (Lipinski definition) is 3. The number of carbonyl (C=O) groups excluding carboxylic acids is 1. The third kappa shape index (κ3) is 3.61. The molecule has 2 amide bonds. The van der Waals surface area contributed by atoms with E-state index in [4.69, 9.17) is 0 Å². The minimum atomic E-state index is 0.116. The van der Waals surface area contributed by atoms with Crippen molar-refractivity contribution in [3.63, 3.8) is 0 Å². The molecule has 0 radical (unpaired) electrons. The highest BCUT2D eigenvalue weighted by molar-refractivity contribution is 5.75. The van der Waals surface area contributed by atoms with Crippen LogP contribution in [0, 0.1) is 19.3 Å². The van der Waals surface area contributed by atoms with Crippen molar-refractivity contribution in [2.45, 2.75) is 71.5 Å².